The normalized spacial score (nSPS) is 10.4. The second-order valence-electron chi connectivity index (χ2n) is 6.08. The maximum absolute atomic E-state index is 12.1. The summed E-state index contributed by atoms with van der Waals surface area (Å²) in [6.45, 7) is 1.99. The van der Waals surface area contributed by atoms with E-state index in [2.05, 4.69) is 10.6 Å². The Morgan fingerprint density at radius 1 is 1.04 bits per heavy atom. The standard InChI is InChI=1S/C21H19ClN2O4/c1-14-6-8-15(9-7-14)27-13-16-10-11-19(28-16)21(26)23-12-20(25)24-18-5-3-2-4-17(18)22/h2-11H,12-13H2,1H3,(H,23,26)(H,24,25). The first-order valence-corrected chi connectivity index (χ1v) is 9.00. The fraction of sp³-hybridized carbons (Fsp3) is 0.143. The van der Waals surface area contributed by atoms with Crippen molar-refractivity contribution >= 4 is 29.1 Å². The molecule has 0 saturated heterocycles. The minimum Gasteiger partial charge on any atom is -0.486 e. The zero-order valence-corrected chi connectivity index (χ0v) is 16.0. The lowest BCUT2D eigenvalue weighted by atomic mass is 10.2. The highest BCUT2D eigenvalue weighted by molar-refractivity contribution is 6.33. The average molecular weight is 399 g/mol. The number of carbonyl (C=O) groups is 2. The first kappa shape index (κ1) is 19.5. The number of hydrogen-bond acceptors (Lipinski definition) is 4. The molecule has 0 aliphatic carbocycles. The number of nitrogens with one attached hydrogen (secondary N) is 2. The van der Waals surface area contributed by atoms with Gasteiger partial charge in [-0.05, 0) is 43.3 Å². The molecular formula is C21H19ClN2O4. The molecule has 7 heteroatoms. The van der Waals surface area contributed by atoms with E-state index >= 15 is 0 Å². The summed E-state index contributed by atoms with van der Waals surface area (Å²) in [5.41, 5.74) is 1.62. The van der Waals surface area contributed by atoms with E-state index < -0.39 is 11.8 Å². The van der Waals surface area contributed by atoms with Crippen molar-refractivity contribution in [2.24, 2.45) is 0 Å². The van der Waals surface area contributed by atoms with E-state index in [0.29, 0.717) is 22.2 Å². The van der Waals surface area contributed by atoms with Gasteiger partial charge in [-0.15, -0.1) is 0 Å². The van der Waals surface area contributed by atoms with Crippen molar-refractivity contribution in [2.75, 3.05) is 11.9 Å². The third kappa shape index (κ3) is 5.37. The second-order valence-corrected chi connectivity index (χ2v) is 6.49. The van der Waals surface area contributed by atoms with E-state index in [4.69, 9.17) is 20.8 Å². The number of ether oxygens (including phenoxy) is 1. The average Bonchev–Trinajstić information content (AvgIpc) is 3.17. The van der Waals surface area contributed by atoms with Crippen molar-refractivity contribution in [3.8, 4) is 5.75 Å². The summed E-state index contributed by atoms with van der Waals surface area (Å²) < 4.78 is 11.1. The number of furan rings is 1. The van der Waals surface area contributed by atoms with E-state index in [0.717, 1.165) is 5.56 Å². The van der Waals surface area contributed by atoms with Crippen molar-refractivity contribution in [1.82, 2.24) is 5.32 Å². The van der Waals surface area contributed by atoms with Crippen molar-refractivity contribution in [3.63, 3.8) is 0 Å². The summed E-state index contributed by atoms with van der Waals surface area (Å²) >= 11 is 5.98. The summed E-state index contributed by atoms with van der Waals surface area (Å²) in [4.78, 5) is 24.1. The monoisotopic (exact) mass is 398 g/mol. The zero-order chi connectivity index (χ0) is 19.9. The van der Waals surface area contributed by atoms with E-state index in [9.17, 15) is 9.59 Å². The van der Waals surface area contributed by atoms with Crippen molar-refractivity contribution < 1.29 is 18.7 Å². The molecule has 0 aliphatic heterocycles. The first-order valence-electron chi connectivity index (χ1n) is 8.62. The van der Waals surface area contributed by atoms with E-state index in [-0.39, 0.29) is 18.9 Å². The molecule has 6 nitrogen and oxygen atoms in total. The molecule has 0 aliphatic rings. The number of halogens is 1. The Balaban J connectivity index is 1.47. The Morgan fingerprint density at radius 3 is 2.54 bits per heavy atom. The molecule has 2 amide bonds. The van der Waals surface area contributed by atoms with Crippen LogP contribution in [0.5, 0.6) is 5.75 Å². The molecule has 3 rings (SSSR count). The molecule has 0 unspecified atom stereocenters. The Hall–Kier alpha value is -3.25. The van der Waals surface area contributed by atoms with Crippen LogP contribution in [0.15, 0.2) is 65.1 Å². The smallest absolute Gasteiger partial charge is 0.287 e. The molecule has 3 aromatic rings. The summed E-state index contributed by atoms with van der Waals surface area (Å²) in [5, 5.41) is 5.55. The Labute approximate surface area is 167 Å². The molecule has 1 heterocycles. The Kier molecular flexibility index (Phi) is 6.34. The van der Waals surface area contributed by atoms with Gasteiger partial charge in [0.05, 0.1) is 17.3 Å². The summed E-state index contributed by atoms with van der Waals surface area (Å²) in [5.74, 6) is 0.440. The van der Waals surface area contributed by atoms with Crippen LogP contribution < -0.4 is 15.4 Å². The van der Waals surface area contributed by atoms with Gasteiger partial charge in [0.1, 0.15) is 18.1 Å². The van der Waals surface area contributed by atoms with Crippen LogP contribution in [0.1, 0.15) is 21.9 Å². The highest BCUT2D eigenvalue weighted by Gasteiger charge is 2.13. The highest BCUT2D eigenvalue weighted by atomic mass is 35.5. The van der Waals surface area contributed by atoms with Gasteiger partial charge in [-0.25, -0.2) is 0 Å². The third-order valence-corrected chi connectivity index (χ3v) is 4.17. The molecule has 0 radical (unpaired) electrons. The number of amides is 2. The molecule has 0 saturated carbocycles. The van der Waals surface area contributed by atoms with Gasteiger partial charge in [0.25, 0.3) is 5.91 Å². The molecule has 0 fully saturated rings. The van der Waals surface area contributed by atoms with Crippen LogP contribution in [0.2, 0.25) is 5.02 Å². The summed E-state index contributed by atoms with van der Waals surface area (Å²) in [7, 11) is 0. The fourth-order valence-electron chi connectivity index (χ4n) is 2.37. The fourth-order valence-corrected chi connectivity index (χ4v) is 2.55. The number of carbonyl (C=O) groups excluding carboxylic acids is 2. The van der Waals surface area contributed by atoms with Gasteiger partial charge in [-0.1, -0.05) is 41.4 Å². The molecule has 28 heavy (non-hydrogen) atoms. The highest BCUT2D eigenvalue weighted by Crippen LogP contribution is 2.20. The number of hydrogen-bond donors (Lipinski definition) is 2. The SMILES string of the molecule is Cc1ccc(OCc2ccc(C(=O)NCC(=O)Nc3ccccc3Cl)o2)cc1. The van der Waals surface area contributed by atoms with Crippen LogP contribution in [0, 0.1) is 6.92 Å². The van der Waals surface area contributed by atoms with Gasteiger partial charge >= 0.3 is 0 Å². The number of para-hydroxylation sites is 1. The lowest BCUT2D eigenvalue weighted by Crippen LogP contribution is -2.32. The lowest BCUT2D eigenvalue weighted by Gasteiger charge is -2.07. The van der Waals surface area contributed by atoms with Gasteiger partial charge in [0, 0.05) is 0 Å². The maximum atomic E-state index is 12.1. The van der Waals surface area contributed by atoms with Gasteiger partial charge < -0.3 is 19.8 Å². The first-order chi connectivity index (χ1) is 13.5. The maximum Gasteiger partial charge on any atom is 0.287 e. The second kappa shape index (κ2) is 9.10. The number of rotatable bonds is 7. The molecule has 0 bridgehead atoms. The van der Waals surface area contributed by atoms with Crippen LogP contribution in [0.25, 0.3) is 0 Å². The lowest BCUT2D eigenvalue weighted by molar-refractivity contribution is -0.115. The van der Waals surface area contributed by atoms with Gasteiger partial charge in [-0.3, -0.25) is 9.59 Å². The van der Waals surface area contributed by atoms with Crippen LogP contribution in [0.3, 0.4) is 0 Å². The van der Waals surface area contributed by atoms with Crippen LogP contribution in [0.4, 0.5) is 5.69 Å². The van der Waals surface area contributed by atoms with Crippen LogP contribution in [-0.2, 0) is 11.4 Å². The number of benzene rings is 2. The van der Waals surface area contributed by atoms with E-state index in [1.54, 1.807) is 30.3 Å². The molecule has 144 valence electrons. The van der Waals surface area contributed by atoms with Gasteiger partial charge in [0.15, 0.2) is 5.76 Å². The topological polar surface area (TPSA) is 80.6 Å². The van der Waals surface area contributed by atoms with Gasteiger partial charge in [-0.2, -0.15) is 0 Å². The van der Waals surface area contributed by atoms with E-state index in [1.807, 2.05) is 31.2 Å². The molecule has 2 N–H and O–H groups in total. The molecule has 2 aromatic carbocycles. The number of anilines is 1. The minimum absolute atomic E-state index is 0.105. The van der Waals surface area contributed by atoms with Crippen molar-refractivity contribution in [2.45, 2.75) is 13.5 Å². The molecule has 0 atom stereocenters. The van der Waals surface area contributed by atoms with Crippen LogP contribution in [-0.4, -0.2) is 18.4 Å². The largest absolute Gasteiger partial charge is 0.486 e. The minimum atomic E-state index is -0.490. The Bertz CT molecular complexity index is 967. The molecular weight excluding hydrogens is 380 g/mol. The quantitative estimate of drug-likeness (QED) is 0.625. The van der Waals surface area contributed by atoms with E-state index in [1.165, 1.54) is 6.07 Å². The predicted octanol–water partition coefficient (Wildman–Crippen LogP) is 4.19. The Morgan fingerprint density at radius 2 is 1.79 bits per heavy atom. The zero-order valence-electron chi connectivity index (χ0n) is 15.2. The van der Waals surface area contributed by atoms with Crippen LogP contribution >= 0.6 is 11.6 Å². The predicted molar refractivity (Wildman–Crippen MR) is 107 cm³/mol. The van der Waals surface area contributed by atoms with Gasteiger partial charge in [0.2, 0.25) is 5.91 Å². The summed E-state index contributed by atoms with van der Waals surface area (Å²) in [6.07, 6.45) is 0. The molecule has 0 spiro atoms. The van der Waals surface area contributed by atoms with Crippen molar-refractivity contribution in [1.29, 1.82) is 0 Å². The number of aryl methyl sites for hydroxylation is 1. The van der Waals surface area contributed by atoms with Crippen molar-refractivity contribution in [3.05, 3.63) is 82.8 Å². The third-order valence-electron chi connectivity index (χ3n) is 3.84. The summed E-state index contributed by atoms with van der Waals surface area (Å²) in [6, 6.07) is 17.7. The molecule has 1 aromatic heterocycles.